The summed E-state index contributed by atoms with van der Waals surface area (Å²) in [6, 6.07) is 0. The Kier molecular flexibility index (Phi) is 3.99. The van der Waals surface area contributed by atoms with Crippen molar-refractivity contribution in [2.45, 2.75) is 39.3 Å². The lowest BCUT2D eigenvalue weighted by Gasteiger charge is -2.28. The Bertz CT molecular complexity index is 117. The molecule has 0 spiro atoms. The molecule has 0 amide bonds. The number of alkyl halides is 1. The van der Waals surface area contributed by atoms with Crippen LogP contribution in [0.4, 0.5) is 4.39 Å². The third-order valence-corrected chi connectivity index (χ3v) is 2.54. The average Bonchev–Trinajstić information content (AvgIpc) is 2.03. The molecule has 1 fully saturated rings. The molecule has 1 aliphatic heterocycles. The molecule has 0 aromatic heterocycles. The number of piperidine rings is 1. The van der Waals surface area contributed by atoms with E-state index in [9.17, 15) is 4.39 Å². The van der Waals surface area contributed by atoms with Crippen LogP contribution in [0, 0.1) is 5.92 Å². The maximum absolute atomic E-state index is 12.7. The highest BCUT2D eigenvalue weighted by Gasteiger charge is 2.17. The maximum atomic E-state index is 12.7. The molecule has 72 valence electrons. The minimum Gasteiger partial charge on any atom is -0.303 e. The van der Waals surface area contributed by atoms with Crippen LogP contribution in [0.5, 0.6) is 0 Å². The normalized spacial score (nSPS) is 22.0. The van der Waals surface area contributed by atoms with Gasteiger partial charge in [-0.15, -0.1) is 0 Å². The summed E-state index contributed by atoms with van der Waals surface area (Å²) in [6.07, 6.45) is 2.22. The predicted molar refractivity (Wildman–Crippen MR) is 50.0 cm³/mol. The summed E-state index contributed by atoms with van der Waals surface area (Å²) >= 11 is 0. The van der Waals surface area contributed by atoms with Crippen LogP contribution in [0.15, 0.2) is 0 Å². The second kappa shape index (κ2) is 4.80. The van der Waals surface area contributed by atoms with E-state index in [2.05, 4.69) is 18.7 Å². The van der Waals surface area contributed by atoms with Gasteiger partial charge in [0, 0.05) is 13.1 Å². The summed E-state index contributed by atoms with van der Waals surface area (Å²) in [6.45, 7) is 7.57. The summed E-state index contributed by atoms with van der Waals surface area (Å²) in [5.74, 6) is 0.771. The lowest BCUT2D eigenvalue weighted by Crippen LogP contribution is -2.35. The molecule has 0 unspecified atom stereocenters. The maximum Gasteiger partial charge on any atom is 0.103 e. The standard InChI is InChI=1S/C10H20FN/c1-9(2)3-6-12-7-4-10(11)5-8-12/h9-10H,3-8H2,1-2H3. The molecule has 1 saturated heterocycles. The summed E-state index contributed by atoms with van der Waals surface area (Å²) in [4.78, 5) is 2.38. The summed E-state index contributed by atoms with van der Waals surface area (Å²) < 4.78 is 12.7. The number of rotatable bonds is 3. The lowest BCUT2D eigenvalue weighted by atomic mass is 10.1. The van der Waals surface area contributed by atoms with Crippen LogP contribution in [0.25, 0.3) is 0 Å². The second-order valence-corrected chi connectivity index (χ2v) is 4.20. The number of hydrogen-bond donors (Lipinski definition) is 0. The van der Waals surface area contributed by atoms with Gasteiger partial charge in [0.25, 0.3) is 0 Å². The molecule has 0 bridgehead atoms. The van der Waals surface area contributed by atoms with Gasteiger partial charge in [-0.3, -0.25) is 0 Å². The lowest BCUT2D eigenvalue weighted by molar-refractivity contribution is 0.146. The van der Waals surface area contributed by atoms with Gasteiger partial charge < -0.3 is 4.90 Å². The molecule has 1 nitrogen and oxygen atoms in total. The topological polar surface area (TPSA) is 3.24 Å². The Morgan fingerprint density at radius 1 is 1.33 bits per heavy atom. The Morgan fingerprint density at radius 2 is 1.92 bits per heavy atom. The predicted octanol–water partition coefficient (Wildman–Crippen LogP) is 2.47. The van der Waals surface area contributed by atoms with E-state index in [-0.39, 0.29) is 0 Å². The molecular formula is C10H20FN. The van der Waals surface area contributed by atoms with Crippen molar-refractivity contribution in [3.8, 4) is 0 Å². The summed E-state index contributed by atoms with van der Waals surface area (Å²) in [5, 5.41) is 0. The zero-order chi connectivity index (χ0) is 8.97. The Labute approximate surface area is 74.9 Å². The van der Waals surface area contributed by atoms with Gasteiger partial charge in [-0.25, -0.2) is 4.39 Å². The molecular weight excluding hydrogens is 153 g/mol. The monoisotopic (exact) mass is 173 g/mol. The van der Waals surface area contributed by atoms with Crippen LogP contribution in [0.1, 0.15) is 33.1 Å². The molecule has 0 saturated carbocycles. The fourth-order valence-electron chi connectivity index (χ4n) is 1.57. The van der Waals surface area contributed by atoms with E-state index in [4.69, 9.17) is 0 Å². The first-order valence-electron chi connectivity index (χ1n) is 5.05. The molecule has 0 N–H and O–H groups in total. The third kappa shape index (κ3) is 3.53. The van der Waals surface area contributed by atoms with Crippen LogP contribution in [-0.4, -0.2) is 30.7 Å². The zero-order valence-electron chi connectivity index (χ0n) is 8.22. The minimum absolute atomic E-state index is 0.528. The van der Waals surface area contributed by atoms with Crippen molar-refractivity contribution < 1.29 is 4.39 Å². The molecule has 0 aliphatic carbocycles. The Hall–Kier alpha value is -0.110. The number of nitrogens with zero attached hydrogens (tertiary/aromatic N) is 1. The number of hydrogen-bond acceptors (Lipinski definition) is 1. The van der Waals surface area contributed by atoms with Crippen molar-refractivity contribution >= 4 is 0 Å². The first-order valence-corrected chi connectivity index (χ1v) is 5.05. The first kappa shape index (κ1) is 9.97. The highest BCUT2D eigenvalue weighted by molar-refractivity contribution is 4.71. The second-order valence-electron chi connectivity index (χ2n) is 4.20. The zero-order valence-corrected chi connectivity index (χ0v) is 8.22. The van der Waals surface area contributed by atoms with E-state index in [1.54, 1.807) is 0 Å². The van der Waals surface area contributed by atoms with Crippen LogP contribution in [0.2, 0.25) is 0 Å². The van der Waals surface area contributed by atoms with Crippen molar-refractivity contribution in [1.82, 2.24) is 4.90 Å². The molecule has 1 rings (SSSR count). The van der Waals surface area contributed by atoms with Crippen molar-refractivity contribution in [1.29, 1.82) is 0 Å². The summed E-state index contributed by atoms with van der Waals surface area (Å²) in [5.41, 5.74) is 0. The SMILES string of the molecule is CC(C)CCN1CCC(F)CC1. The fraction of sp³-hybridized carbons (Fsp3) is 1.00. The van der Waals surface area contributed by atoms with Gasteiger partial charge in [0.05, 0.1) is 0 Å². The van der Waals surface area contributed by atoms with Crippen LogP contribution < -0.4 is 0 Å². The Balaban J connectivity index is 2.09. The molecule has 0 aromatic rings. The molecule has 1 heterocycles. The molecule has 12 heavy (non-hydrogen) atoms. The van der Waals surface area contributed by atoms with Gasteiger partial charge in [0.15, 0.2) is 0 Å². The smallest absolute Gasteiger partial charge is 0.103 e. The van der Waals surface area contributed by atoms with E-state index in [1.807, 2.05) is 0 Å². The van der Waals surface area contributed by atoms with Gasteiger partial charge in [0.2, 0.25) is 0 Å². The average molecular weight is 173 g/mol. The number of halogens is 1. The van der Waals surface area contributed by atoms with Gasteiger partial charge in [-0.2, -0.15) is 0 Å². The van der Waals surface area contributed by atoms with Crippen molar-refractivity contribution in [2.75, 3.05) is 19.6 Å². The van der Waals surface area contributed by atoms with E-state index < -0.39 is 6.17 Å². The quantitative estimate of drug-likeness (QED) is 0.633. The molecule has 0 atom stereocenters. The Morgan fingerprint density at radius 3 is 2.42 bits per heavy atom. The van der Waals surface area contributed by atoms with Gasteiger partial charge in [0.1, 0.15) is 6.17 Å². The largest absolute Gasteiger partial charge is 0.303 e. The van der Waals surface area contributed by atoms with E-state index in [0.29, 0.717) is 0 Å². The molecule has 0 aromatic carbocycles. The van der Waals surface area contributed by atoms with Crippen molar-refractivity contribution in [3.05, 3.63) is 0 Å². The minimum atomic E-state index is -0.528. The van der Waals surface area contributed by atoms with Gasteiger partial charge in [-0.05, 0) is 31.7 Å². The number of likely N-dealkylation sites (tertiary alicyclic amines) is 1. The van der Waals surface area contributed by atoms with Crippen molar-refractivity contribution in [2.24, 2.45) is 5.92 Å². The van der Waals surface area contributed by atoms with Gasteiger partial charge in [-0.1, -0.05) is 13.8 Å². The van der Waals surface area contributed by atoms with Crippen LogP contribution in [0.3, 0.4) is 0 Å². The molecule has 2 heteroatoms. The van der Waals surface area contributed by atoms with Gasteiger partial charge >= 0.3 is 0 Å². The molecule has 0 radical (unpaired) electrons. The van der Waals surface area contributed by atoms with Crippen LogP contribution in [-0.2, 0) is 0 Å². The first-order chi connectivity index (χ1) is 5.68. The van der Waals surface area contributed by atoms with E-state index in [1.165, 1.54) is 6.42 Å². The van der Waals surface area contributed by atoms with Crippen molar-refractivity contribution in [3.63, 3.8) is 0 Å². The third-order valence-electron chi connectivity index (χ3n) is 2.54. The van der Waals surface area contributed by atoms with Crippen LogP contribution >= 0.6 is 0 Å². The molecule has 1 aliphatic rings. The summed E-state index contributed by atoms with van der Waals surface area (Å²) in [7, 11) is 0. The highest BCUT2D eigenvalue weighted by Crippen LogP contribution is 2.14. The van der Waals surface area contributed by atoms with E-state index >= 15 is 0 Å². The van der Waals surface area contributed by atoms with E-state index in [0.717, 1.165) is 38.4 Å². The fourth-order valence-corrected chi connectivity index (χ4v) is 1.57. The highest BCUT2D eigenvalue weighted by atomic mass is 19.1.